The van der Waals surface area contributed by atoms with Crippen LogP contribution in [0.2, 0.25) is 0 Å². The van der Waals surface area contributed by atoms with Gasteiger partial charge in [0.2, 0.25) is 5.91 Å². The molecule has 0 spiro atoms. The molecule has 0 unspecified atom stereocenters. The van der Waals surface area contributed by atoms with Gasteiger partial charge in [0.25, 0.3) is 5.91 Å². The first kappa shape index (κ1) is 21.6. The summed E-state index contributed by atoms with van der Waals surface area (Å²) in [5.74, 6) is 0.184. The van der Waals surface area contributed by atoms with Crippen molar-refractivity contribution in [2.75, 3.05) is 24.9 Å². The molecule has 2 amide bonds. The van der Waals surface area contributed by atoms with Crippen LogP contribution in [0.5, 0.6) is 11.5 Å². The van der Waals surface area contributed by atoms with E-state index in [2.05, 4.69) is 10.6 Å². The Bertz CT molecular complexity index is 1080. The van der Waals surface area contributed by atoms with Gasteiger partial charge in [-0.1, -0.05) is 18.2 Å². The van der Waals surface area contributed by atoms with E-state index in [-0.39, 0.29) is 18.2 Å². The quantitative estimate of drug-likeness (QED) is 0.515. The number of carbonyl (C=O) groups is 3. The van der Waals surface area contributed by atoms with E-state index in [1.807, 2.05) is 6.07 Å². The highest BCUT2D eigenvalue weighted by atomic mass is 16.5. The molecule has 0 aliphatic carbocycles. The monoisotopic (exact) mass is 421 g/mol. The molecule has 0 bridgehead atoms. The molecular weight excluding hydrogens is 398 g/mol. The summed E-state index contributed by atoms with van der Waals surface area (Å²) in [6.45, 7) is 0.359. The molecule has 1 aromatic heterocycles. The fourth-order valence-electron chi connectivity index (χ4n) is 3.05. The van der Waals surface area contributed by atoms with Crippen LogP contribution in [0, 0.1) is 0 Å². The lowest BCUT2D eigenvalue weighted by Crippen LogP contribution is -2.16. The van der Waals surface area contributed by atoms with Crippen LogP contribution in [-0.4, -0.2) is 36.9 Å². The summed E-state index contributed by atoms with van der Waals surface area (Å²) in [5.41, 5.74) is 1.82. The third kappa shape index (κ3) is 5.30. The lowest BCUT2D eigenvalue weighted by atomic mass is 10.2. The van der Waals surface area contributed by atoms with Crippen LogP contribution in [0.15, 0.2) is 60.8 Å². The SMILES string of the molecule is COc1cc(NC(=O)c2ccccc2)c(OC)cc1NC(=O)CCn1cccc1C=O. The van der Waals surface area contributed by atoms with Gasteiger partial charge in [-0.3, -0.25) is 14.4 Å². The number of ether oxygens (including phenoxy) is 2. The topological polar surface area (TPSA) is 98.7 Å². The summed E-state index contributed by atoms with van der Waals surface area (Å²) in [6, 6.07) is 15.4. The molecule has 0 saturated carbocycles. The Kier molecular flexibility index (Phi) is 7.05. The van der Waals surface area contributed by atoms with Gasteiger partial charge in [-0.05, 0) is 24.3 Å². The molecule has 2 N–H and O–H groups in total. The number of hydrogen-bond acceptors (Lipinski definition) is 5. The molecule has 8 nitrogen and oxygen atoms in total. The summed E-state index contributed by atoms with van der Waals surface area (Å²) in [4.78, 5) is 35.9. The summed E-state index contributed by atoms with van der Waals surface area (Å²) in [7, 11) is 2.94. The molecule has 31 heavy (non-hydrogen) atoms. The fourth-order valence-corrected chi connectivity index (χ4v) is 3.05. The molecule has 0 saturated heterocycles. The van der Waals surface area contributed by atoms with Gasteiger partial charge in [-0.15, -0.1) is 0 Å². The largest absolute Gasteiger partial charge is 0.494 e. The maximum absolute atomic E-state index is 12.5. The van der Waals surface area contributed by atoms with E-state index >= 15 is 0 Å². The second-order valence-corrected chi connectivity index (χ2v) is 6.62. The molecule has 1 heterocycles. The van der Waals surface area contributed by atoms with Crippen LogP contribution < -0.4 is 20.1 Å². The average molecular weight is 421 g/mol. The van der Waals surface area contributed by atoms with Gasteiger partial charge in [0.15, 0.2) is 6.29 Å². The second-order valence-electron chi connectivity index (χ2n) is 6.62. The zero-order chi connectivity index (χ0) is 22.2. The Balaban J connectivity index is 1.74. The van der Waals surface area contributed by atoms with Crippen molar-refractivity contribution in [3.05, 3.63) is 72.1 Å². The van der Waals surface area contributed by atoms with Crippen LogP contribution in [0.1, 0.15) is 27.3 Å². The maximum atomic E-state index is 12.5. The lowest BCUT2D eigenvalue weighted by molar-refractivity contribution is -0.116. The number of nitrogens with one attached hydrogen (secondary N) is 2. The van der Waals surface area contributed by atoms with Gasteiger partial charge >= 0.3 is 0 Å². The van der Waals surface area contributed by atoms with Crippen LogP contribution in [0.4, 0.5) is 11.4 Å². The first-order valence-corrected chi connectivity index (χ1v) is 9.58. The van der Waals surface area contributed by atoms with E-state index in [0.29, 0.717) is 40.7 Å². The van der Waals surface area contributed by atoms with Crippen LogP contribution in [-0.2, 0) is 11.3 Å². The van der Waals surface area contributed by atoms with Gasteiger partial charge < -0.3 is 24.7 Å². The maximum Gasteiger partial charge on any atom is 0.255 e. The zero-order valence-corrected chi connectivity index (χ0v) is 17.3. The number of anilines is 2. The summed E-state index contributed by atoms with van der Waals surface area (Å²) < 4.78 is 12.5. The highest BCUT2D eigenvalue weighted by molar-refractivity contribution is 6.05. The summed E-state index contributed by atoms with van der Waals surface area (Å²) >= 11 is 0. The Hall–Kier alpha value is -4.07. The number of rotatable bonds is 9. The molecule has 8 heteroatoms. The normalized spacial score (nSPS) is 10.3. The molecule has 160 valence electrons. The van der Waals surface area contributed by atoms with Gasteiger partial charge in [-0.25, -0.2) is 0 Å². The number of amides is 2. The minimum atomic E-state index is -0.296. The van der Waals surface area contributed by atoms with Crippen molar-refractivity contribution in [3.63, 3.8) is 0 Å². The van der Waals surface area contributed by atoms with Crippen molar-refractivity contribution in [1.29, 1.82) is 0 Å². The van der Waals surface area contributed by atoms with Crippen molar-refractivity contribution < 1.29 is 23.9 Å². The van der Waals surface area contributed by atoms with Crippen LogP contribution >= 0.6 is 0 Å². The molecule has 0 aliphatic rings. The molecule has 3 aromatic rings. The van der Waals surface area contributed by atoms with E-state index in [9.17, 15) is 14.4 Å². The minimum Gasteiger partial charge on any atom is -0.494 e. The lowest BCUT2D eigenvalue weighted by Gasteiger charge is -2.16. The standard InChI is InChI=1S/C23H23N3O5/c1-30-20-14-19(25-23(29)16-7-4-3-5-8-16)21(31-2)13-18(20)24-22(28)10-12-26-11-6-9-17(26)15-27/h3-9,11,13-15H,10,12H2,1-2H3,(H,24,28)(H,25,29). The van der Waals surface area contributed by atoms with E-state index < -0.39 is 0 Å². The number of carbonyl (C=O) groups excluding carboxylic acids is 3. The number of methoxy groups -OCH3 is 2. The Morgan fingerprint density at radius 1 is 0.935 bits per heavy atom. The fraction of sp³-hybridized carbons (Fsp3) is 0.174. The second kappa shape index (κ2) is 10.1. The summed E-state index contributed by atoms with van der Waals surface area (Å²) in [6.07, 6.45) is 2.65. The molecule has 3 rings (SSSR count). The number of aromatic nitrogens is 1. The molecule has 2 aromatic carbocycles. The van der Waals surface area contributed by atoms with E-state index in [1.165, 1.54) is 14.2 Å². The van der Waals surface area contributed by atoms with Gasteiger partial charge in [0.1, 0.15) is 11.5 Å². The first-order valence-electron chi connectivity index (χ1n) is 9.58. The predicted molar refractivity (Wildman–Crippen MR) is 117 cm³/mol. The Labute approximate surface area is 179 Å². The van der Waals surface area contributed by atoms with Crippen molar-refractivity contribution in [3.8, 4) is 11.5 Å². The van der Waals surface area contributed by atoms with E-state index in [1.54, 1.807) is 59.3 Å². The molecular formula is C23H23N3O5. The number of hydrogen-bond donors (Lipinski definition) is 2. The number of nitrogens with zero attached hydrogens (tertiary/aromatic N) is 1. The smallest absolute Gasteiger partial charge is 0.255 e. The molecule has 0 radical (unpaired) electrons. The van der Waals surface area contributed by atoms with Gasteiger partial charge in [0, 0.05) is 36.9 Å². The van der Waals surface area contributed by atoms with E-state index in [0.717, 1.165) is 6.29 Å². The summed E-state index contributed by atoms with van der Waals surface area (Å²) in [5, 5.41) is 5.59. The highest BCUT2D eigenvalue weighted by Crippen LogP contribution is 2.36. The molecule has 0 aliphatic heterocycles. The number of aldehydes is 1. The van der Waals surface area contributed by atoms with Gasteiger partial charge in [0.05, 0.1) is 31.3 Å². The average Bonchev–Trinajstić information content (AvgIpc) is 3.26. The van der Waals surface area contributed by atoms with Crippen molar-refractivity contribution in [1.82, 2.24) is 4.57 Å². The molecule has 0 fully saturated rings. The third-order valence-corrected chi connectivity index (χ3v) is 4.65. The van der Waals surface area contributed by atoms with Crippen molar-refractivity contribution in [2.24, 2.45) is 0 Å². The van der Waals surface area contributed by atoms with Crippen molar-refractivity contribution >= 4 is 29.5 Å². The zero-order valence-electron chi connectivity index (χ0n) is 17.3. The molecule has 0 atom stereocenters. The van der Waals surface area contributed by atoms with Crippen LogP contribution in [0.3, 0.4) is 0 Å². The Morgan fingerprint density at radius 3 is 2.19 bits per heavy atom. The third-order valence-electron chi connectivity index (χ3n) is 4.65. The predicted octanol–water partition coefficient (Wildman–Crippen LogP) is 3.60. The minimum absolute atomic E-state index is 0.160. The highest BCUT2D eigenvalue weighted by Gasteiger charge is 2.16. The first-order chi connectivity index (χ1) is 15.0. The van der Waals surface area contributed by atoms with Crippen LogP contribution in [0.25, 0.3) is 0 Å². The number of aryl methyl sites for hydroxylation is 1. The number of benzene rings is 2. The van der Waals surface area contributed by atoms with E-state index in [4.69, 9.17) is 9.47 Å². The van der Waals surface area contributed by atoms with Crippen molar-refractivity contribution in [2.45, 2.75) is 13.0 Å². The van der Waals surface area contributed by atoms with Gasteiger partial charge in [-0.2, -0.15) is 0 Å². The Morgan fingerprint density at radius 2 is 1.58 bits per heavy atom.